The van der Waals surface area contributed by atoms with Crippen LogP contribution in [-0.2, 0) is 12.6 Å². The lowest BCUT2D eigenvalue weighted by Gasteiger charge is -2.15. The van der Waals surface area contributed by atoms with Gasteiger partial charge in [0.05, 0.1) is 12.8 Å². The minimum Gasteiger partial charge on any atom is -0.497 e. The molecule has 0 saturated heterocycles. The Morgan fingerprint density at radius 3 is 2.53 bits per heavy atom. The van der Waals surface area contributed by atoms with Gasteiger partial charge in [-0.05, 0) is 55.3 Å². The van der Waals surface area contributed by atoms with Crippen LogP contribution in [0.15, 0.2) is 48.5 Å². The number of ether oxygens (including phenoxy) is 1. The molecule has 1 N–H and O–H groups in total. The first-order valence-electron chi connectivity index (χ1n) is 8.91. The highest BCUT2D eigenvalue weighted by Gasteiger charge is 2.42. The Morgan fingerprint density at radius 2 is 1.90 bits per heavy atom. The van der Waals surface area contributed by atoms with Gasteiger partial charge in [-0.3, -0.25) is 4.79 Å². The van der Waals surface area contributed by atoms with Gasteiger partial charge in [-0.25, -0.2) is 9.07 Å². The Labute approximate surface area is 169 Å². The summed E-state index contributed by atoms with van der Waals surface area (Å²) in [5.74, 6) is -0.990. The van der Waals surface area contributed by atoms with Gasteiger partial charge in [-0.15, -0.1) is 5.10 Å². The number of alkyl halides is 3. The highest BCUT2D eigenvalue weighted by molar-refractivity contribution is 5.93. The lowest BCUT2D eigenvalue weighted by Crippen LogP contribution is -2.35. The summed E-state index contributed by atoms with van der Waals surface area (Å²) in [6.07, 6.45) is -4.53. The number of rotatable bonds is 6. The Balaban J connectivity index is 1.84. The van der Waals surface area contributed by atoms with Gasteiger partial charge in [-0.1, -0.05) is 17.3 Å². The minimum atomic E-state index is -4.90. The van der Waals surface area contributed by atoms with Crippen molar-refractivity contribution in [1.29, 1.82) is 0 Å². The van der Waals surface area contributed by atoms with Crippen LogP contribution in [-0.4, -0.2) is 34.1 Å². The van der Waals surface area contributed by atoms with E-state index in [0.717, 1.165) is 29.8 Å². The Bertz CT molecular complexity index is 1030. The topological polar surface area (TPSA) is 69.0 Å². The van der Waals surface area contributed by atoms with Crippen LogP contribution in [0.3, 0.4) is 0 Å². The van der Waals surface area contributed by atoms with Crippen LogP contribution in [0.1, 0.15) is 28.7 Å². The lowest BCUT2D eigenvalue weighted by atomic mass is 10.1. The molecule has 0 radical (unpaired) electrons. The zero-order valence-corrected chi connectivity index (χ0v) is 16.1. The predicted molar refractivity (Wildman–Crippen MR) is 99.9 cm³/mol. The maximum Gasteiger partial charge on any atom is 0.435 e. The maximum atomic E-state index is 13.7. The highest BCUT2D eigenvalue weighted by atomic mass is 19.4. The molecule has 0 aliphatic carbocycles. The van der Waals surface area contributed by atoms with E-state index in [1.165, 1.54) is 7.11 Å². The molecule has 30 heavy (non-hydrogen) atoms. The first-order valence-corrected chi connectivity index (χ1v) is 8.91. The van der Waals surface area contributed by atoms with E-state index >= 15 is 0 Å². The SMILES string of the molecule is COc1cccc(CC(C)NC(=O)c2nnn(-c3ccc(F)cc3)c2C(F)(F)F)c1. The third kappa shape index (κ3) is 4.76. The van der Waals surface area contributed by atoms with Gasteiger partial charge in [0.15, 0.2) is 11.4 Å². The van der Waals surface area contributed by atoms with Gasteiger partial charge >= 0.3 is 6.18 Å². The third-order valence-corrected chi connectivity index (χ3v) is 4.28. The van der Waals surface area contributed by atoms with E-state index in [4.69, 9.17) is 4.74 Å². The molecule has 0 saturated carbocycles. The zero-order valence-electron chi connectivity index (χ0n) is 16.1. The molecule has 3 aromatic rings. The molecule has 0 aliphatic heterocycles. The summed E-state index contributed by atoms with van der Waals surface area (Å²) in [6.45, 7) is 1.66. The number of methoxy groups -OCH3 is 1. The van der Waals surface area contributed by atoms with Crippen LogP contribution >= 0.6 is 0 Å². The Kier molecular flexibility index (Phi) is 6.04. The smallest absolute Gasteiger partial charge is 0.435 e. The molecular weight excluding hydrogens is 404 g/mol. The van der Waals surface area contributed by atoms with Gasteiger partial charge in [-0.2, -0.15) is 13.2 Å². The van der Waals surface area contributed by atoms with Crippen LogP contribution in [0.5, 0.6) is 5.75 Å². The molecule has 1 aromatic heterocycles. The van der Waals surface area contributed by atoms with E-state index < -0.39 is 35.3 Å². The highest BCUT2D eigenvalue weighted by Crippen LogP contribution is 2.32. The number of nitrogens with zero attached hydrogens (tertiary/aromatic N) is 3. The number of hydrogen-bond donors (Lipinski definition) is 1. The lowest BCUT2D eigenvalue weighted by molar-refractivity contribution is -0.143. The molecule has 158 valence electrons. The molecule has 10 heteroatoms. The minimum absolute atomic E-state index is 0.0697. The molecule has 1 unspecified atom stereocenters. The van der Waals surface area contributed by atoms with Crippen molar-refractivity contribution in [2.45, 2.75) is 25.6 Å². The fourth-order valence-electron chi connectivity index (χ4n) is 2.95. The molecule has 1 heterocycles. The van der Waals surface area contributed by atoms with Crippen molar-refractivity contribution in [2.75, 3.05) is 7.11 Å². The summed E-state index contributed by atoms with van der Waals surface area (Å²) in [5.41, 5.74) is -1.42. The summed E-state index contributed by atoms with van der Waals surface area (Å²) in [6, 6.07) is 10.9. The molecule has 2 aromatic carbocycles. The average Bonchev–Trinajstić information content (AvgIpc) is 3.14. The zero-order chi connectivity index (χ0) is 21.9. The van der Waals surface area contributed by atoms with Crippen molar-refractivity contribution < 1.29 is 27.1 Å². The van der Waals surface area contributed by atoms with E-state index in [9.17, 15) is 22.4 Å². The van der Waals surface area contributed by atoms with E-state index in [-0.39, 0.29) is 5.69 Å². The fraction of sp³-hybridized carbons (Fsp3) is 0.250. The Hall–Kier alpha value is -3.43. The van der Waals surface area contributed by atoms with Crippen molar-refractivity contribution in [3.05, 3.63) is 71.3 Å². The van der Waals surface area contributed by atoms with Crippen LogP contribution < -0.4 is 10.1 Å². The second-order valence-corrected chi connectivity index (χ2v) is 6.60. The first-order chi connectivity index (χ1) is 14.2. The number of aromatic nitrogens is 3. The monoisotopic (exact) mass is 422 g/mol. The van der Waals surface area contributed by atoms with Gasteiger partial charge in [0.25, 0.3) is 5.91 Å². The van der Waals surface area contributed by atoms with Gasteiger partial charge < -0.3 is 10.1 Å². The number of benzene rings is 2. The molecule has 0 aliphatic rings. The molecule has 1 amide bonds. The van der Waals surface area contributed by atoms with Crippen LogP contribution in [0.4, 0.5) is 17.6 Å². The van der Waals surface area contributed by atoms with E-state index in [0.29, 0.717) is 16.9 Å². The molecule has 1 atom stereocenters. The second kappa shape index (κ2) is 8.52. The Morgan fingerprint density at radius 1 is 1.20 bits per heavy atom. The molecule has 0 spiro atoms. The van der Waals surface area contributed by atoms with Crippen molar-refractivity contribution in [1.82, 2.24) is 20.3 Å². The largest absolute Gasteiger partial charge is 0.497 e. The van der Waals surface area contributed by atoms with Crippen LogP contribution in [0.2, 0.25) is 0 Å². The van der Waals surface area contributed by atoms with Gasteiger partial charge in [0, 0.05) is 6.04 Å². The van der Waals surface area contributed by atoms with Crippen molar-refractivity contribution >= 4 is 5.91 Å². The normalized spacial score (nSPS) is 12.5. The van der Waals surface area contributed by atoms with Crippen molar-refractivity contribution in [3.8, 4) is 11.4 Å². The summed E-state index contributed by atoms with van der Waals surface area (Å²) >= 11 is 0. The van der Waals surface area contributed by atoms with Crippen molar-refractivity contribution in [2.24, 2.45) is 0 Å². The number of carbonyl (C=O) groups excluding carboxylic acids is 1. The predicted octanol–water partition coefficient (Wildman–Crippen LogP) is 3.79. The van der Waals surface area contributed by atoms with E-state index in [2.05, 4.69) is 15.6 Å². The fourth-order valence-corrected chi connectivity index (χ4v) is 2.95. The molecule has 0 fully saturated rings. The number of hydrogen-bond acceptors (Lipinski definition) is 4. The molecule has 6 nitrogen and oxygen atoms in total. The first kappa shape index (κ1) is 21.3. The standard InChI is InChI=1S/C20H18F4N4O2/c1-12(10-13-4-3-5-16(11-13)30-2)25-19(29)17-18(20(22,23)24)28(27-26-17)15-8-6-14(21)7-9-15/h3-9,11-12H,10H2,1-2H3,(H,25,29). The van der Waals surface area contributed by atoms with Gasteiger partial charge in [0.1, 0.15) is 11.6 Å². The number of halogens is 4. The summed E-state index contributed by atoms with van der Waals surface area (Å²) in [4.78, 5) is 12.5. The molecule has 0 bridgehead atoms. The molecular formula is C20H18F4N4O2. The quantitative estimate of drug-likeness (QED) is 0.614. The molecule has 3 rings (SSSR count). The summed E-state index contributed by atoms with van der Waals surface area (Å²) < 4.78 is 59.7. The van der Waals surface area contributed by atoms with Crippen LogP contribution in [0.25, 0.3) is 5.69 Å². The third-order valence-electron chi connectivity index (χ3n) is 4.28. The van der Waals surface area contributed by atoms with Gasteiger partial charge in [0.2, 0.25) is 0 Å². The van der Waals surface area contributed by atoms with E-state index in [1.807, 2.05) is 6.07 Å². The summed E-state index contributed by atoms with van der Waals surface area (Å²) in [5, 5.41) is 9.41. The van der Waals surface area contributed by atoms with Crippen molar-refractivity contribution in [3.63, 3.8) is 0 Å². The van der Waals surface area contributed by atoms with E-state index in [1.54, 1.807) is 25.1 Å². The number of amides is 1. The second-order valence-electron chi connectivity index (χ2n) is 6.60. The maximum absolute atomic E-state index is 13.7. The average molecular weight is 422 g/mol. The summed E-state index contributed by atoms with van der Waals surface area (Å²) in [7, 11) is 1.52. The number of carbonyl (C=O) groups is 1. The number of nitrogens with one attached hydrogen (secondary N) is 1. The van der Waals surface area contributed by atoms with Crippen LogP contribution in [0, 0.1) is 5.82 Å².